The van der Waals surface area contributed by atoms with Gasteiger partial charge in [-0.2, -0.15) is 0 Å². The molecule has 17 heavy (non-hydrogen) atoms. The van der Waals surface area contributed by atoms with Gasteiger partial charge in [-0.25, -0.2) is 0 Å². The Morgan fingerprint density at radius 3 is 2.82 bits per heavy atom. The number of H-pyrrole nitrogens is 1. The molecule has 0 aliphatic rings. The summed E-state index contributed by atoms with van der Waals surface area (Å²) >= 11 is 0. The summed E-state index contributed by atoms with van der Waals surface area (Å²) in [4.78, 5) is 22.3. The Bertz CT molecular complexity index is 415. The Kier molecular flexibility index (Phi) is 4.02. The van der Waals surface area contributed by atoms with Crippen LogP contribution in [0, 0.1) is 16.0 Å². The fourth-order valence-electron chi connectivity index (χ4n) is 1.49. The maximum absolute atomic E-state index is 10.7. The van der Waals surface area contributed by atoms with Gasteiger partial charge in [-0.05, 0) is 10.8 Å². The van der Waals surface area contributed by atoms with E-state index in [9.17, 15) is 14.9 Å². The van der Waals surface area contributed by atoms with Crippen LogP contribution in [0.3, 0.4) is 0 Å². The highest BCUT2D eigenvalue weighted by Crippen LogP contribution is 2.25. The van der Waals surface area contributed by atoms with E-state index in [1.807, 2.05) is 13.8 Å². The van der Waals surface area contributed by atoms with Crippen LogP contribution in [0.15, 0.2) is 6.20 Å². The van der Waals surface area contributed by atoms with Crippen LogP contribution in [-0.2, 0) is 4.79 Å². The number of nitro groups is 1. The van der Waals surface area contributed by atoms with Crippen LogP contribution in [0.25, 0.3) is 0 Å². The molecule has 2 N–H and O–H groups in total. The Morgan fingerprint density at radius 1 is 1.71 bits per heavy atom. The maximum atomic E-state index is 10.7. The van der Waals surface area contributed by atoms with Gasteiger partial charge in [0, 0.05) is 6.54 Å². The van der Waals surface area contributed by atoms with Gasteiger partial charge in [-0.1, -0.05) is 18.9 Å². The molecule has 1 rings (SSSR count). The third kappa shape index (κ3) is 3.44. The van der Waals surface area contributed by atoms with Gasteiger partial charge in [0.15, 0.2) is 5.69 Å². The number of aromatic amines is 1. The largest absolute Gasteiger partial charge is 0.480 e. The van der Waals surface area contributed by atoms with E-state index in [0.717, 1.165) is 0 Å². The second-order valence-electron chi connectivity index (χ2n) is 4.03. The molecule has 0 saturated heterocycles. The van der Waals surface area contributed by atoms with E-state index in [0.29, 0.717) is 6.54 Å². The first kappa shape index (κ1) is 12.9. The zero-order valence-electron chi connectivity index (χ0n) is 9.58. The summed E-state index contributed by atoms with van der Waals surface area (Å²) in [5.41, 5.74) is 0.200. The lowest BCUT2D eigenvalue weighted by Gasteiger charge is -2.22. The second-order valence-corrected chi connectivity index (χ2v) is 4.03. The zero-order valence-corrected chi connectivity index (χ0v) is 9.58. The number of carboxylic acid groups (broad SMARTS) is 1. The van der Waals surface area contributed by atoms with Crippen LogP contribution in [0.5, 0.6) is 0 Å². The average Bonchev–Trinajstić information content (AvgIpc) is 2.62. The van der Waals surface area contributed by atoms with Gasteiger partial charge in [-0.3, -0.25) is 4.79 Å². The van der Waals surface area contributed by atoms with Crippen LogP contribution in [0.4, 0.5) is 11.5 Å². The van der Waals surface area contributed by atoms with E-state index >= 15 is 0 Å². The molecule has 0 aromatic carbocycles. The molecule has 1 heterocycles. The van der Waals surface area contributed by atoms with E-state index in [4.69, 9.17) is 5.11 Å². The minimum atomic E-state index is -1.04. The Hall–Kier alpha value is -2.12. The normalized spacial score (nSPS) is 10.5. The Morgan fingerprint density at radius 2 is 2.35 bits per heavy atom. The van der Waals surface area contributed by atoms with Crippen molar-refractivity contribution in [3.05, 3.63) is 16.3 Å². The topological polar surface area (TPSA) is 112 Å². The molecule has 1 aromatic heterocycles. The van der Waals surface area contributed by atoms with Gasteiger partial charge in [0.05, 0.1) is 0 Å². The quantitative estimate of drug-likeness (QED) is 0.565. The lowest BCUT2D eigenvalue weighted by Crippen LogP contribution is -2.33. The van der Waals surface area contributed by atoms with Crippen molar-refractivity contribution in [1.82, 2.24) is 10.2 Å². The van der Waals surface area contributed by atoms with Crippen molar-refractivity contribution >= 4 is 17.5 Å². The first-order valence-corrected chi connectivity index (χ1v) is 5.06. The lowest BCUT2D eigenvalue weighted by molar-refractivity contribution is -0.388. The SMILES string of the molecule is CC(C)CN(CC(=O)O)c1cn[nH]c1[N+](=O)[O-]. The molecular formula is C9H14N4O4. The van der Waals surface area contributed by atoms with Crippen molar-refractivity contribution in [3.63, 3.8) is 0 Å². The van der Waals surface area contributed by atoms with Gasteiger partial charge in [0.1, 0.15) is 12.7 Å². The van der Waals surface area contributed by atoms with E-state index in [2.05, 4.69) is 10.2 Å². The molecule has 0 bridgehead atoms. The van der Waals surface area contributed by atoms with Gasteiger partial charge >= 0.3 is 11.8 Å². The van der Waals surface area contributed by atoms with Crippen molar-refractivity contribution in [2.75, 3.05) is 18.0 Å². The molecule has 0 aliphatic heterocycles. The van der Waals surface area contributed by atoms with Gasteiger partial charge in [0.25, 0.3) is 0 Å². The number of aliphatic carboxylic acids is 1. The average molecular weight is 242 g/mol. The third-order valence-electron chi connectivity index (χ3n) is 2.03. The number of rotatable bonds is 6. The maximum Gasteiger partial charge on any atom is 0.366 e. The van der Waals surface area contributed by atoms with Crippen LogP contribution in [0.2, 0.25) is 0 Å². The molecule has 8 nitrogen and oxygen atoms in total. The fraction of sp³-hybridized carbons (Fsp3) is 0.556. The predicted octanol–water partition coefficient (Wildman–Crippen LogP) is 0.865. The summed E-state index contributed by atoms with van der Waals surface area (Å²) in [6.07, 6.45) is 1.27. The number of hydrogen-bond donors (Lipinski definition) is 2. The summed E-state index contributed by atoms with van der Waals surface area (Å²) in [6.45, 7) is 3.92. The van der Waals surface area contributed by atoms with E-state index in [-0.39, 0.29) is 24.0 Å². The van der Waals surface area contributed by atoms with Crippen molar-refractivity contribution in [2.24, 2.45) is 5.92 Å². The van der Waals surface area contributed by atoms with E-state index in [1.165, 1.54) is 11.1 Å². The van der Waals surface area contributed by atoms with Gasteiger partial charge in [-0.15, -0.1) is 5.10 Å². The molecule has 8 heteroatoms. The van der Waals surface area contributed by atoms with E-state index in [1.54, 1.807) is 0 Å². The Balaban J connectivity index is 2.99. The van der Waals surface area contributed by atoms with Crippen molar-refractivity contribution in [2.45, 2.75) is 13.8 Å². The van der Waals surface area contributed by atoms with Crippen LogP contribution in [0.1, 0.15) is 13.8 Å². The Labute approximate surface area is 97.4 Å². The monoisotopic (exact) mass is 242 g/mol. The second kappa shape index (κ2) is 5.28. The summed E-state index contributed by atoms with van der Waals surface area (Å²) in [5, 5.41) is 25.3. The summed E-state index contributed by atoms with van der Waals surface area (Å²) in [5.74, 6) is -1.14. The minimum absolute atomic E-state index is 0.184. The number of nitrogens with zero attached hydrogens (tertiary/aromatic N) is 3. The number of carboxylic acids is 1. The number of anilines is 1. The molecule has 0 saturated carbocycles. The summed E-state index contributed by atoms with van der Waals surface area (Å²) < 4.78 is 0. The van der Waals surface area contributed by atoms with Crippen LogP contribution in [-0.4, -0.2) is 39.3 Å². The van der Waals surface area contributed by atoms with Crippen molar-refractivity contribution in [1.29, 1.82) is 0 Å². The van der Waals surface area contributed by atoms with E-state index < -0.39 is 10.9 Å². The fourth-order valence-corrected chi connectivity index (χ4v) is 1.49. The lowest BCUT2D eigenvalue weighted by atomic mass is 10.2. The smallest absolute Gasteiger partial charge is 0.366 e. The number of nitrogens with one attached hydrogen (secondary N) is 1. The molecule has 0 radical (unpaired) electrons. The molecule has 0 aliphatic carbocycles. The summed E-state index contributed by atoms with van der Waals surface area (Å²) in [6, 6.07) is 0. The number of hydrogen-bond acceptors (Lipinski definition) is 5. The molecule has 0 atom stereocenters. The predicted molar refractivity (Wildman–Crippen MR) is 59.9 cm³/mol. The van der Waals surface area contributed by atoms with Crippen LogP contribution >= 0.6 is 0 Å². The number of aromatic nitrogens is 2. The minimum Gasteiger partial charge on any atom is -0.480 e. The molecule has 0 amide bonds. The molecule has 0 fully saturated rings. The zero-order chi connectivity index (χ0) is 13.0. The highest BCUT2D eigenvalue weighted by molar-refractivity contribution is 5.75. The molecule has 0 spiro atoms. The van der Waals surface area contributed by atoms with Gasteiger partial charge in [0.2, 0.25) is 0 Å². The van der Waals surface area contributed by atoms with Crippen molar-refractivity contribution in [3.8, 4) is 0 Å². The molecular weight excluding hydrogens is 228 g/mol. The van der Waals surface area contributed by atoms with Crippen LogP contribution < -0.4 is 4.90 Å². The molecule has 1 aromatic rings. The first-order chi connectivity index (χ1) is 7.91. The van der Waals surface area contributed by atoms with Gasteiger partial charge < -0.3 is 20.1 Å². The molecule has 0 unspecified atom stereocenters. The standard InChI is InChI=1S/C9H14N4O4/c1-6(2)4-12(5-8(14)15)7-3-10-11-9(7)13(16)17/h3,6H,4-5H2,1-2H3,(H,10,11)(H,14,15). The number of carbonyl (C=O) groups is 1. The third-order valence-corrected chi connectivity index (χ3v) is 2.03. The highest BCUT2D eigenvalue weighted by Gasteiger charge is 2.23. The molecule has 94 valence electrons. The first-order valence-electron chi connectivity index (χ1n) is 5.06. The summed E-state index contributed by atoms with van der Waals surface area (Å²) in [7, 11) is 0. The highest BCUT2D eigenvalue weighted by atomic mass is 16.6. The van der Waals surface area contributed by atoms with Crippen molar-refractivity contribution < 1.29 is 14.8 Å².